The van der Waals surface area contributed by atoms with E-state index in [-0.39, 0.29) is 0 Å². The van der Waals surface area contributed by atoms with Gasteiger partial charge in [0, 0.05) is 22.8 Å². The Morgan fingerprint density at radius 1 is 1.33 bits per heavy atom. The molecule has 15 heavy (non-hydrogen) atoms. The Kier molecular flexibility index (Phi) is 3.51. The van der Waals surface area contributed by atoms with E-state index in [1.54, 1.807) is 17.4 Å². The SMILES string of the molecule is [O-][n+]1ccccc1SCc1ccc(Cl)s1. The maximum absolute atomic E-state index is 11.3. The van der Waals surface area contributed by atoms with Gasteiger partial charge in [-0.15, -0.1) is 11.3 Å². The van der Waals surface area contributed by atoms with Crippen LogP contribution in [0.25, 0.3) is 0 Å². The van der Waals surface area contributed by atoms with Crippen molar-refractivity contribution in [2.75, 3.05) is 0 Å². The van der Waals surface area contributed by atoms with Crippen molar-refractivity contribution in [1.29, 1.82) is 0 Å². The van der Waals surface area contributed by atoms with Gasteiger partial charge < -0.3 is 5.21 Å². The average Bonchev–Trinajstić information content (AvgIpc) is 2.63. The first-order valence-electron chi connectivity index (χ1n) is 4.31. The Labute approximate surface area is 101 Å². The predicted octanol–water partition coefficient (Wildman–Crippen LogP) is 3.33. The van der Waals surface area contributed by atoms with Crippen molar-refractivity contribution in [3.63, 3.8) is 0 Å². The number of hydrogen-bond acceptors (Lipinski definition) is 3. The fourth-order valence-electron chi connectivity index (χ4n) is 1.10. The number of halogens is 1. The van der Waals surface area contributed by atoms with Gasteiger partial charge in [0.05, 0.1) is 4.34 Å². The molecular weight excluding hydrogens is 250 g/mol. The monoisotopic (exact) mass is 257 g/mol. The number of hydrogen-bond donors (Lipinski definition) is 0. The quantitative estimate of drug-likeness (QED) is 0.479. The first-order chi connectivity index (χ1) is 7.25. The van der Waals surface area contributed by atoms with Crippen molar-refractivity contribution in [2.24, 2.45) is 0 Å². The van der Waals surface area contributed by atoms with E-state index < -0.39 is 0 Å². The van der Waals surface area contributed by atoms with Gasteiger partial charge in [-0.1, -0.05) is 23.4 Å². The summed E-state index contributed by atoms with van der Waals surface area (Å²) in [4.78, 5) is 1.17. The highest BCUT2D eigenvalue weighted by Crippen LogP contribution is 2.27. The van der Waals surface area contributed by atoms with Crippen LogP contribution in [0.3, 0.4) is 0 Å². The highest BCUT2D eigenvalue weighted by molar-refractivity contribution is 7.98. The maximum atomic E-state index is 11.3. The Morgan fingerprint density at radius 2 is 2.20 bits per heavy atom. The minimum absolute atomic E-state index is 0.710. The third-order valence-corrected chi connectivity index (χ3v) is 4.26. The molecule has 0 unspecified atom stereocenters. The van der Waals surface area contributed by atoms with E-state index in [1.165, 1.54) is 22.8 Å². The summed E-state index contributed by atoms with van der Waals surface area (Å²) in [7, 11) is 0. The Morgan fingerprint density at radius 3 is 2.87 bits per heavy atom. The Bertz CT molecular complexity index is 458. The number of thiophene rings is 1. The lowest BCUT2D eigenvalue weighted by molar-refractivity contribution is -0.645. The molecule has 0 N–H and O–H groups in total. The summed E-state index contributed by atoms with van der Waals surface area (Å²) in [5.74, 6) is 0.781. The van der Waals surface area contributed by atoms with Crippen molar-refractivity contribution in [2.45, 2.75) is 10.8 Å². The molecule has 0 saturated heterocycles. The number of rotatable bonds is 3. The van der Waals surface area contributed by atoms with E-state index >= 15 is 0 Å². The molecule has 0 aliphatic rings. The summed E-state index contributed by atoms with van der Waals surface area (Å²) in [6.07, 6.45) is 1.50. The van der Waals surface area contributed by atoms with Gasteiger partial charge in [0.2, 0.25) is 0 Å². The van der Waals surface area contributed by atoms with Gasteiger partial charge in [-0.2, -0.15) is 4.73 Å². The molecule has 2 nitrogen and oxygen atoms in total. The van der Waals surface area contributed by atoms with E-state index in [9.17, 15) is 5.21 Å². The second-order valence-corrected chi connectivity index (χ2v) is 5.65. The Balaban J connectivity index is 2.02. The molecular formula is C10H8ClNOS2. The number of aromatic nitrogens is 1. The van der Waals surface area contributed by atoms with E-state index in [0.717, 1.165) is 14.8 Å². The molecule has 78 valence electrons. The average molecular weight is 258 g/mol. The molecule has 0 aliphatic carbocycles. The molecule has 0 amide bonds. The summed E-state index contributed by atoms with van der Waals surface area (Å²) >= 11 is 8.88. The predicted molar refractivity (Wildman–Crippen MR) is 64.3 cm³/mol. The summed E-state index contributed by atoms with van der Waals surface area (Å²) in [6, 6.07) is 9.25. The van der Waals surface area contributed by atoms with Crippen LogP contribution in [0.15, 0.2) is 41.6 Å². The lowest BCUT2D eigenvalue weighted by Gasteiger charge is -2.01. The topological polar surface area (TPSA) is 26.9 Å². The summed E-state index contributed by atoms with van der Waals surface area (Å²) in [6.45, 7) is 0. The van der Waals surface area contributed by atoms with Crippen LogP contribution in [0.4, 0.5) is 0 Å². The molecule has 0 saturated carbocycles. The fourth-order valence-corrected chi connectivity index (χ4v) is 3.14. The van der Waals surface area contributed by atoms with Crippen LogP contribution in [0.2, 0.25) is 4.34 Å². The first-order valence-corrected chi connectivity index (χ1v) is 6.49. The zero-order valence-electron chi connectivity index (χ0n) is 7.72. The number of thioether (sulfide) groups is 1. The van der Waals surface area contributed by atoms with E-state index in [0.29, 0.717) is 5.03 Å². The number of pyridine rings is 1. The zero-order chi connectivity index (χ0) is 10.7. The highest BCUT2D eigenvalue weighted by Gasteiger charge is 2.05. The highest BCUT2D eigenvalue weighted by atomic mass is 35.5. The molecule has 0 bridgehead atoms. The molecule has 2 rings (SSSR count). The Hall–Kier alpha value is -0.710. The molecule has 0 fully saturated rings. The van der Waals surface area contributed by atoms with Gasteiger partial charge in [0.1, 0.15) is 0 Å². The minimum atomic E-state index is 0.710. The van der Waals surface area contributed by atoms with Gasteiger partial charge in [-0.05, 0) is 18.2 Å². The summed E-state index contributed by atoms with van der Waals surface area (Å²) < 4.78 is 1.66. The summed E-state index contributed by atoms with van der Waals surface area (Å²) in [5, 5.41) is 12.0. The molecule has 2 aromatic heterocycles. The fraction of sp³-hybridized carbons (Fsp3) is 0.100. The molecule has 2 aromatic rings. The van der Waals surface area contributed by atoms with Crippen LogP contribution in [0.1, 0.15) is 4.88 Å². The van der Waals surface area contributed by atoms with Crippen LogP contribution in [-0.4, -0.2) is 0 Å². The molecule has 0 aromatic carbocycles. The van der Waals surface area contributed by atoms with Gasteiger partial charge >= 0.3 is 0 Å². The normalized spacial score (nSPS) is 10.5. The van der Waals surface area contributed by atoms with Crippen molar-refractivity contribution in [3.05, 3.63) is 50.9 Å². The molecule has 2 heterocycles. The van der Waals surface area contributed by atoms with Crippen LogP contribution < -0.4 is 4.73 Å². The van der Waals surface area contributed by atoms with Crippen molar-refractivity contribution in [3.8, 4) is 0 Å². The second kappa shape index (κ2) is 4.88. The van der Waals surface area contributed by atoms with Gasteiger partial charge in [-0.3, -0.25) is 0 Å². The van der Waals surface area contributed by atoms with Gasteiger partial charge in [0.15, 0.2) is 6.20 Å². The standard InChI is InChI=1S/C10H8ClNOS2/c11-9-5-4-8(15-9)7-14-10-3-1-2-6-12(10)13/h1-6H,7H2. The smallest absolute Gasteiger partial charge is 0.251 e. The van der Waals surface area contributed by atoms with Crippen molar-refractivity contribution in [1.82, 2.24) is 0 Å². The van der Waals surface area contributed by atoms with Crippen LogP contribution in [0.5, 0.6) is 0 Å². The molecule has 0 atom stereocenters. The first kappa shape index (κ1) is 10.8. The van der Waals surface area contributed by atoms with Gasteiger partial charge in [-0.25, -0.2) is 0 Å². The van der Waals surface area contributed by atoms with Crippen LogP contribution in [0, 0.1) is 5.21 Å². The van der Waals surface area contributed by atoms with Crippen molar-refractivity contribution < 1.29 is 4.73 Å². The third-order valence-electron chi connectivity index (χ3n) is 1.78. The molecule has 0 aliphatic heterocycles. The van der Waals surface area contributed by atoms with Crippen LogP contribution in [-0.2, 0) is 5.75 Å². The second-order valence-electron chi connectivity index (χ2n) is 2.86. The van der Waals surface area contributed by atoms with E-state index in [4.69, 9.17) is 11.6 Å². The third kappa shape index (κ3) is 2.87. The molecule has 0 spiro atoms. The number of nitrogens with zero attached hydrogens (tertiary/aromatic N) is 1. The van der Waals surface area contributed by atoms with Crippen LogP contribution >= 0.6 is 34.7 Å². The van der Waals surface area contributed by atoms with Crippen molar-refractivity contribution >= 4 is 34.7 Å². The molecule has 0 radical (unpaired) electrons. The van der Waals surface area contributed by atoms with Gasteiger partial charge in [0.25, 0.3) is 5.03 Å². The summed E-state index contributed by atoms with van der Waals surface area (Å²) in [5.41, 5.74) is 0. The molecule has 5 heteroatoms. The lowest BCUT2D eigenvalue weighted by Crippen LogP contribution is -2.27. The zero-order valence-corrected chi connectivity index (χ0v) is 10.1. The van der Waals surface area contributed by atoms with E-state index in [2.05, 4.69) is 0 Å². The maximum Gasteiger partial charge on any atom is 0.251 e. The minimum Gasteiger partial charge on any atom is -0.618 e. The van der Waals surface area contributed by atoms with E-state index in [1.807, 2.05) is 24.3 Å². The largest absolute Gasteiger partial charge is 0.618 e. The lowest BCUT2D eigenvalue weighted by atomic mass is 10.5.